The van der Waals surface area contributed by atoms with Crippen LogP contribution in [0.5, 0.6) is 5.75 Å². The number of anilines is 1. The number of aryl methyl sites for hydroxylation is 1. The Hall–Kier alpha value is -3.68. The molecule has 1 aliphatic heterocycles. The first-order chi connectivity index (χ1) is 14.0. The van der Waals surface area contributed by atoms with E-state index < -0.39 is 4.92 Å². The van der Waals surface area contributed by atoms with Crippen LogP contribution in [0.3, 0.4) is 0 Å². The van der Waals surface area contributed by atoms with Crippen molar-refractivity contribution in [3.63, 3.8) is 0 Å². The van der Waals surface area contributed by atoms with Gasteiger partial charge < -0.3 is 14.2 Å². The van der Waals surface area contributed by atoms with Gasteiger partial charge in [0, 0.05) is 30.3 Å². The Bertz CT molecular complexity index is 1080. The van der Waals surface area contributed by atoms with Gasteiger partial charge in [0.25, 0.3) is 5.69 Å². The van der Waals surface area contributed by atoms with E-state index in [0.717, 1.165) is 24.0 Å². The summed E-state index contributed by atoms with van der Waals surface area (Å²) in [6.07, 6.45) is 1.65. The summed E-state index contributed by atoms with van der Waals surface area (Å²) in [5.41, 5.74) is 2.82. The van der Waals surface area contributed by atoms with Crippen LogP contribution in [0.1, 0.15) is 17.7 Å². The van der Waals surface area contributed by atoms with Gasteiger partial charge >= 0.3 is 0 Å². The molecule has 8 nitrogen and oxygen atoms in total. The number of nitro benzene ring substituents is 1. The first-order valence-electron chi connectivity index (χ1n) is 9.23. The van der Waals surface area contributed by atoms with Crippen LogP contribution in [0.15, 0.2) is 53.1 Å². The van der Waals surface area contributed by atoms with Gasteiger partial charge in [0.2, 0.25) is 5.91 Å². The van der Waals surface area contributed by atoms with Crippen LogP contribution >= 0.6 is 0 Å². The molecule has 0 aliphatic carbocycles. The second kappa shape index (κ2) is 7.75. The van der Waals surface area contributed by atoms with Crippen molar-refractivity contribution in [2.24, 2.45) is 0 Å². The van der Waals surface area contributed by atoms with Gasteiger partial charge in [0.05, 0.1) is 29.8 Å². The number of ether oxygens (including phenoxy) is 1. The summed E-state index contributed by atoms with van der Waals surface area (Å²) in [5.74, 6) is 1.07. The number of nitro groups is 1. The zero-order chi connectivity index (χ0) is 20.4. The van der Waals surface area contributed by atoms with Gasteiger partial charge in [-0.25, -0.2) is 0 Å². The summed E-state index contributed by atoms with van der Waals surface area (Å²) < 4.78 is 10.6. The maximum atomic E-state index is 12.9. The first-order valence-corrected chi connectivity index (χ1v) is 9.23. The van der Waals surface area contributed by atoms with Crippen LogP contribution < -0.4 is 9.64 Å². The molecule has 0 bridgehead atoms. The molecule has 0 unspecified atom stereocenters. The maximum Gasteiger partial charge on any atom is 0.271 e. The third kappa shape index (κ3) is 3.82. The molecule has 3 aromatic rings. The van der Waals surface area contributed by atoms with Gasteiger partial charge in [0.15, 0.2) is 5.76 Å². The van der Waals surface area contributed by atoms with Crippen molar-refractivity contribution < 1.29 is 19.0 Å². The van der Waals surface area contributed by atoms with Crippen LogP contribution in [-0.4, -0.2) is 29.6 Å². The molecule has 4 rings (SSSR count). The second-order valence-corrected chi connectivity index (χ2v) is 6.81. The molecule has 29 heavy (non-hydrogen) atoms. The Morgan fingerprint density at radius 2 is 2.14 bits per heavy atom. The van der Waals surface area contributed by atoms with Crippen molar-refractivity contribution in [3.05, 3.63) is 69.9 Å². The predicted molar refractivity (Wildman–Crippen MR) is 106 cm³/mol. The molecule has 8 heteroatoms. The Kier molecular flexibility index (Phi) is 4.99. The zero-order valence-corrected chi connectivity index (χ0v) is 15.8. The third-order valence-electron chi connectivity index (χ3n) is 4.94. The highest BCUT2D eigenvalue weighted by Crippen LogP contribution is 2.31. The summed E-state index contributed by atoms with van der Waals surface area (Å²) in [6, 6.07) is 13.8. The number of carbonyl (C=O) groups is 1. The Labute approximate surface area is 166 Å². The summed E-state index contributed by atoms with van der Waals surface area (Å²) >= 11 is 0. The lowest BCUT2D eigenvalue weighted by Gasteiger charge is -2.29. The molecule has 2 aromatic carbocycles. The van der Waals surface area contributed by atoms with Gasteiger partial charge in [0.1, 0.15) is 5.75 Å². The molecule has 0 N–H and O–H groups in total. The number of hydrogen-bond acceptors (Lipinski definition) is 6. The number of non-ortho nitro benzene ring substituents is 1. The quantitative estimate of drug-likeness (QED) is 0.483. The van der Waals surface area contributed by atoms with Crippen molar-refractivity contribution in [1.29, 1.82) is 0 Å². The number of hydrogen-bond donors (Lipinski definition) is 0. The van der Waals surface area contributed by atoms with Gasteiger partial charge in [-0.3, -0.25) is 14.9 Å². The highest BCUT2D eigenvalue weighted by molar-refractivity contribution is 5.96. The molecular formula is C21H19N3O5. The van der Waals surface area contributed by atoms with E-state index in [2.05, 4.69) is 5.16 Å². The molecule has 1 amide bonds. The number of benzene rings is 2. The largest absolute Gasteiger partial charge is 0.497 e. The van der Waals surface area contributed by atoms with Gasteiger partial charge in [-0.05, 0) is 30.5 Å². The summed E-state index contributed by atoms with van der Waals surface area (Å²) in [7, 11) is 1.59. The number of rotatable bonds is 5. The number of amides is 1. The molecule has 0 radical (unpaired) electrons. The van der Waals surface area contributed by atoms with Crippen LogP contribution in [0.2, 0.25) is 0 Å². The van der Waals surface area contributed by atoms with E-state index in [4.69, 9.17) is 9.26 Å². The maximum absolute atomic E-state index is 12.9. The molecule has 0 saturated heterocycles. The van der Waals surface area contributed by atoms with E-state index in [0.29, 0.717) is 29.4 Å². The fourth-order valence-electron chi connectivity index (χ4n) is 3.49. The van der Waals surface area contributed by atoms with Crippen LogP contribution in [0.4, 0.5) is 11.4 Å². The van der Waals surface area contributed by atoms with E-state index in [-0.39, 0.29) is 18.0 Å². The Morgan fingerprint density at radius 3 is 2.93 bits per heavy atom. The van der Waals surface area contributed by atoms with Gasteiger partial charge in [-0.2, -0.15) is 0 Å². The molecule has 0 atom stereocenters. The number of carbonyl (C=O) groups excluding carboxylic acids is 1. The second-order valence-electron chi connectivity index (χ2n) is 6.81. The van der Waals surface area contributed by atoms with Crippen LogP contribution in [0, 0.1) is 10.1 Å². The average Bonchev–Trinajstić information content (AvgIpc) is 3.21. The molecule has 1 aromatic heterocycles. The van der Waals surface area contributed by atoms with Gasteiger partial charge in [-0.15, -0.1) is 0 Å². The lowest BCUT2D eigenvalue weighted by atomic mass is 10.0. The number of nitrogens with zero attached hydrogens (tertiary/aromatic N) is 3. The minimum absolute atomic E-state index is 0.0230. The summed E-state index contributed by atoms with van der Waals surface area (Å²) in [4.78, 5) is 25.2. The number of fused-ring (bicyclic) bond motifs is 1. The fourth-order valence-corrected chi connectivity index (χ4v) is 3.49. The van der Waals surface area contributed by atoms with Crippen molar-refractivity contribution in [3.8, 4) is 17.1 Å². The normalized spacial score (nSPS) is 13.1. The topological polar surface area (TPSA) is 98.7 Å². The molecule has 0 saturated carbocycles. The summed E-state index contributed by atoms with van der Waals surface area (Å²) in [6.45, 7) is 0.521. The van der Waals surface area contributed by atoms with Crippen molar-refractivity contribution in [2.45, 2.75) is 19.3 Å². The minimum Gasteiger partial charge on any atom is -0.497 e. The highest BCUT2D eigenvalue weighted by Gasteiger charge is 2.25. The lowest BCUT2D eigenvalue weighted by Crippen LogP contribution is -2.36. The first kappa shape index (κ1) is 18.7. The van der Waals surface area contributed by atoms with Crippen molar-refractivity contribution >= 4 is 17.3 Å². The molecule has 0 spiro atoms. The zero-order valence-electron chi connectivity index (χ0n) is 15.8. The van der Waals surface area contributed by atoms with Crippen LogP contribution in [-0.2, 0) is 17.6 Å². The Balaban J connectivity index is 1.54. The van der Waals surface area contributed by atoms with E-state index >= 15 is 0 Å². The average molecular weight is 393 g/mol. The lowest BCUT2D eigenvalue weighted by molar-refractivity contribution is -0.384. The standard InChI is InChI=1S/C21H19N3O5/c1-28-18-6-2-4-15(10-18)20-11-16(22-29-20)12-21(25)23-9-3-5-14-7-8-17(24(26)27)13-19(14)23/h2,4,6-8,10-11,13H,3,5,9,12H2,1H3. The third-order valence-corrected chi connectivity index (χ3v) is 4.94. The molecule has 2 heterocycles. The summed E-state index contributed by atoms with van der Waals surface area (Å²) in [5, 5.41) is 15.1. The number of methoxy groups -OCH3 is 1. The van der Waals surface area contributed by atoms with Crippen molar-refractivity contribution in [2.75, 3.05) is 18.6 Å². The van der Waals surface area contributed by atoms with Gasteiger partial charge in [-0.1, -0.05) is 23.4 Å². The smallest absolute Gasteiger partial charge is 0.271 e. The fraction of sp³-hybridized carbons (Fsp3) is 0.238. The predicted octanol–water partition coefficient (Wildman–Crippen LogP) is 3.78. The molecule has 1 aliphatic rings. The van der Waals surface area contributed by atoms with E-state index in [9.17, 15) is 14.9 Å². The SMILES string of the molecule is COc1cccc(-c2cc(CC(=O)N3CCCc4ccc([N+](=O)[O-])cc43)no2)c1. The molecule has 148 valence electrons. The van der Waals surface area contributed by atoms with E-state index in [1.807, 2.05) is 24.3 Å². The van der Waals surface area contributed by atoms with E-state index in [1.54, 1.807) is 24.1 Å². The monoisotopic (exact) mass is 393 g/mol. The molecule has 0 fully saturated rings. The van der Waals surface area contributed by atoms with E-state index in [1.165, 1.54) is 12.1 Å². The Morgan fingerprint density at radius 1 is 1.28 bits per heavy atom. The number of aromatic nitrogens is 1. The van der Waals surface area contributed by atoms with Crippen LogP contribution in [0.25, 0.3) is 11.3 Å². The minimum atomic E-state index is -0.449. The highest BCUT2D eigenvalue weighted by atomic mass is 16.6. The van der Waals surface area contributed by atoms with Crippen molar-refractivity contribution in [1.82, 2.24) is 5.16 Å². The molecular weight excluding hydrogens is 374 g/mol.